The van der Waals surface area contributed by atoms with Crippen LogP contribution in [0.4, 0.5) is 0 Å². The molecule has 0 saturated heterocycles. The van der Waals surface area contributed by atoms with E-state index in [1.807, 2.05) is 0 Å². The third kappa shape index (κ3) is 2.20. The second kappa shape index (κ2) is 4.24. The Kier molecular flexibility index (Phi) is 3.19. The van der Waals surface area contributed by atoms with Gasteiger partial charge in [-0.25, -0.2) is 0 Å². The zero-order valence-electron chi connectivity index (χ0n) is 11.4. The molecule has 0 aliphatic heterocycles. The number of rotatable bonds is 1. The maximum Gasteiger partial charge on any atom is 0.165 e. The summed E-state index contributed by atoms with van der Waals surface area (Å²) in [6.07, 6.45) is 4.05. The van der Waals surface area contributed by atoms with Gasteiger partial charge in [-0.05, 0) is 56.9 Å². The molecule has 0 saturated carbocycles. The molecule has 0 aromatic carbocycles. The SMILES string of the molecule is C[C@H]1CC[C@@H](C(C)(C)O)C(=O)C2=C1CC[C@@H]2C. The molecule has 96 valence electrons. The first-order chi connectivity index (χ1) is 7.82. The van der Waals surface area contributed by atoms with Gasteiger partial charge in [0.1, 0.15) is 0 Å². The van der Waals surface area contributed by atoms with Gasteiger partial charge in [0, 0.05) is 0 Å². The Morgan fingerprint density at radius 3 is 2.35 bits per heavy atom. The number of aliphatic hydroxyl groups is 1. The first kappa shape index (κ1) is 12.8. The molecule has 0 unspecified atom stereocenters. The topological polar surface area (TPSA) is 37.3 Å². The molecule has 0 fully saturated rings. The largest absolute Gasteiger partial charge is 0.390 e. The Morgan fingerprint density at radius 2 is 1.76 bits per heavy atom. The average molecular weight is 236 g/mol. The van der Waals surface area contributed by atoms with Gasteiger partial charge in [0.15, 0.2) is 5.78 Å². The van der Waals surface area contributed by atoms with E-state index in [0.29, 0.717) is 11.8 Å². The van der Waals surface area contributed by atoms with Gasteiger partial charge in [-0.15, -0.1) is 0 Å². The standard InChI is InChI=1S/C15H24O2/c1-9-6-8-12(15(3,4)17)14(16)13-10(2)5-7-11(9)13/h9-10,12,17H,5-8H2,1-4H3/t9-,10-,12+/m0/s1. The van der Waals surface area contributed by atoms with E-state index in [0.717, 1.165) is 31.3 Å². The Bertz CT molecular complexity index is 360. The van der Waals surface area contributed by atoms with Crippen LogP contribution in [0.5, 0.6) is 0 Å². The average Bonchev–Trinajstić information content (AvgIpc) is 2.51. The summed E-state index contributed by atoms with van der Waals surface area (Å²) in [5.74, 6) is 0.925. The van der Waals surface area contributed by atoms with Gasteiger partial charge in [0.25, 0.3) is 0 Å². The van der Waals surface area contributed by atoms with Crippen molar-refractivity contribution in [1.29, 1.82) is 0 Å². The highest BCUT2D eigenvalue weighted by Gasteiger charge is 2.41. The van der Waals surface area contributed by atoms with E-state index >= 15 is 0 Å². The Labute approximate surface area is 104 Å². The van der Waals surface area contributed by atoms with Crippen molar-refractivity contribution in [2.75, 3.05) is 0 Å². The van der Waals surface area contributed by atoms with Gasteiger partial charge in [-0.2, -0.15) is 0 Å². The Hall–Kier alpha value is -0.630. The number of carbonyl (C=O) groups is 1. The lowest BCUT2D eigenvalue weighted by molar-refractivity contribution is -0.127. The number of allylic oxidation sites excluding steroid dienone is 2. The van der Waals surface area contributed by atoms with E-state index in [2.05, 4.69) is 13.8 Å². The van der Waals surface area contributed by atoms with Crippen molar-refractivity contribution < 1.29 is 9.90 Å². The van der Waals surface area contributed by atoms with Crippen LogP contribution in [0, 0.1) is 17.8 Å². The van der Waals surface area contributed by atoms with Crippen LogP contribution in [-0.2, 0) is 4.79 Å². The van der Waals surface area contributed by atoms with Gasteiger partial charge in [0.2, 0.25) is 0 Å². The van der Waals surface area contributed by atoms with Crippen molar-refractivity contribution in [2.45, 2.75) is 59.0 Å². The maximum absolute atomic E-state index is 12.6. The van der Waals surface area contributed by atoms with Crippen molar-refractivity contribution in [3.63, 3.8) is 0 Å². The van der Waals surface area contributed by atoms with E-state index in [4.69, 9.17) is 0 Å². The van der Waals surface area contributed by atoms with Crippen molar-refractivity contribution in [1.82, 2.24) is 0 Å². The molecule has 17 heavy (non-hydrogen) atoms. The number of ketones is 1. The van der Waals surface area contributed by atoms with Crippen LogP contribution in [-0.4, -0.2) is 16.5 Å². The minimum absolute atomic E-state index is 0.210. The number of hydrogen-bond donors (Lipinski definition) is 1. The first-order valence-electron chi connectivity index (χ1n) is 6.82. The molecule has 0 bridgehead atoms. The lowest BCUT2D eigenvalue weighted by Crippen LogP contribution is -2.37. The van der Waals surface area contributed by atoms with Gasteiger partial charge in [-0.1, -0.05) is 19.4 Å². The third-order valence-corrected chi connectivity index (χ3v) is 4.60. The lowest BCUT2D eigenvalue weighted by atomic mass is 9.80. The molecule has 0 spiro atoms. The summed E-state index contributed by atoms with van der Waals surface area (Å²) in [5, 5.41) is 10.2. The van der Waals surface area contributed by atoms with Crippen molar-refractivity contribution in [3.8, 4) is 0 Å². The normalized spacial score (nSPS) is 34.9. The van der Waals surface area contributed by atoms with Crippen LogP contribution in [0.1, 0.15) is 53.4 Å². The summed E-state index contributed by atoms with van der Waals surface area (Å²) in [5.41, 5.74) is 1.55. The quantitative estimate of drug-likeness (QED) is 0.759. The highest BCUT2D eigenvalue weighted by molar-refractivity contribution is 5.99. The molecule has 1 N–H and O–H groups in total. The molecule has 2 rings (SSSR count). The van der Waals surface area contributed by atoms with Gasteiger partial charge >= 0.3 is 0 Å². The summed E-state index contributed by atoms with van der Waals surface area (Å²) in [6, 6.07) is 0. The molecule has 2 nitrogen and oxygen atoms in total. The third-order valence-electron chi connectivity index (χ3n) is 4.60. The summed E-state index contributed by atoms with van der Waals surface area (Å²) >= 11 is 0. The molecule has 0 aromatic heterocycles. The molecule has 0 amide bonds. The van der Waals surface area contributed by atoms with Crippen LogP contribution in [0.3, 0.4) is 0 Å². The summed E-state index contributed by atoms with van der Waals surface area (Å²) < 4.78 is 0. The zero-order chi connectivity index (χ0) is 12.8. The molecule has 0 radical (unpaired) electrons. The number of hydrogen-bond acceptors (Lipinski definition) is 2. The molecule has 2 heteroatoms. The smallest absolute Gasteiger partial charge is 0.165 e. The maximum atomic E-state index is 12.6. The fraction of sp³-hybridized carbons (Fsp3) is 0.800. The van der Waals surface area contributed by atoms with Gasteiger partial charge < -0.3 is 5.11 Å². The summed E-state index contributed by atoms with van der Waals surface area (Å²) in [7, 11) is 0. The Morgan fingerprint density at radius 1 is 1.12 bits per heavy atom. The summed E-state index contributed by atoms with van der Waals surface area (Å²) in [6.45, 7) is 7.92. The van der Waals surface area contributed by atoms with E-state index < -0.39 is 5.60 Å². The lowest BCUT2D eigenvalue weighted by Gasteiger charge is -2.28. The molecule has 0 aromatic rings. The van der Waals surface area contributed by atoms with Crippen molar-refractivity contribution >= 4 is 5.78 Å². The van der Waals surface area contributed by atoms with Gasteiger partial charge in [-0.3, -0.25) is 4.79 Å². The molecule has 0 heterocycles. The zero-order valence-corrected chi connectivity index (χ0v) is 11.4. The highest BCUT2D eigenvalue weighted by atomic mass is 16.3. The van der Waals surface area contributed by atoms with Crippen molar-refractivity contribution in [2.24, 2.45) is 17.8 Å². The van der Waals surface area contributed by atoms with E-state index in [1.165, 1.54) is 5.57 Å². The molecule has 2 aliphatic carbocycles. The van der Waals surface area contributed by atoms with E-state index in [-0.39, 0.29) is 11.7 Å². The predicted molar refractivity (Wildman–Crippen MR) is 68.6 cm³/mol. The fourth-order valence-corrected chi connectivity index (χ4v) is 3.46. The molecular weight excluding hydrogens is 212 g/mol. The highest BCUT2D eigenvalue weighted by Crippen LogP contribution is 2.44. The van der Waals surface area contributed by atoms with Crippen LogP contribution in [0.2, 0.25) is 0 Å². The number of Topliss-reactive ketones (excluding diaryl/α,β-unsaturated/α-hetero) is 1. The van der Waals surface area contributed by atoms with Crippen molar-refractivity contribution in [3.05, 3.63) is 11.1 Å². The van der Waals surface area contributed by atoms with Gasteiger partial charge in [0.05, 0.1) is 11.5 Å². The minimum atomic E-state index is -0.887. The van der Waals surface area contributed by atoms with Crippen LogP contribution in [0.25, 0.3) is 0 Å². The predicted octanol–water partition coefficient (Wildman–Crippen LogP) is 3.10. The number of carbonyl (C=O) groups excluding carboxylic acids is 1. The van der Waals surface area contributed by atoms with E-state index in [1.54, 1.807) is 13.8 Å². The molecule has 3 atom stereocenters. The monoisotopic (exact) mass is 236 g/mol. The Balaban J connectivity index is 2.39. The summed E-state index contributed by atoms with van der Waals surface area (Å²) in [4.78, 5) is 12.6. The molecular formula is C15H24O2. The molecule has 2 aliphatic rings. The van der Waals surface area contributed by atoms with Crippen LogP contribution in [0.15, 0.2) is 11.1 Å². The fourth-order valence-electron chi connectivity index (χ4n) is 3.46. The van der Waals surface area contributed by atoms with E-state index in [9.17, 15) is 9.90 Å². The first-order valence-corrected chi connectivity index (χ1v) is 6.82. The second-order valence-electron chi connectivity index (χ2n) is 6.43. The minimum Gasteiger partial charge on any atom is -0.390 e. The van der Waals surface area contributed by atoms with Crippen LogP contribution < -0.4 is 0 Å². The van der Waals surface area contributed by atoms with Crippen LogP contribution >= 0.6 is 0 Å². The second-order valence-corrected chi connectivity index (χ2v) is 6.43.